The van der Waals surface area contributed by atoms with E-state index in [0.29, 0.717) is 120 Å². The number of methoxy groups -OCH3 is 2. The fourth-order valence-corrected chi connectivity index (χ4v) is 10.4. The molecule has 88 heavy (non-hydrogen) atoms. The number of ether oxygens (including phenoxy) is 2. The van der Waals surface area contributed by atoms with E-state index in [1.807, 2.05) is 50.2 Å². The summed E-state index contributed by atoms with van der Waals surface area (Å²) in [6.45, 7) is 6.47. The molecular formula is C61H77BBrF2N13O10. The molecule has 0 unspecified atom stereocenters. The van der Waals surface area contributed by atoms with Crippen molar-refractivity contribution in [2.24, 2.45) is 9.98 Å². The van der Waals surface area contributed by atoms with Crippen molar-refractivity contribution in [2.75, 3.05) is 83.3 Å². The number of pyridine rings is 2. The van der Waals surface area contributed by atoms with Crippen LogP contribution in [0, 0.1) is 25.5 Å². The second-order valence-corrected chi connectivity index (χ2v) is 21.0. The lowest BCUT2D eigenvalue weighted by Crippen LogP contribution is -2.45. The van der Waals surface area contributed by atoms with Gasteiger partial charge in [0.2, 0.25) is 23.7 Å². The van der Waals surface area contributed by atoms with E-state index >= 15 is 0 Å². The van der Waals surface area contributed by atoms with Crippen LogP contribution in [0.1, 0.15) is 91.6 Å². The Balaban J connectivity index is 0.000000216. The predicted octanol–water partition coefficient (Wildman–Crippen LogP) is 6.46. The summed E-state index contributed by atoms with van der Waals surface area (Å²) in [4.78, 5) is 49.2. The number of rotatable bonds is 19. The lowest BCUT2D eigenvalue weighted by atomic mass is 9.83. The monoisotopic (exact) mass is 1280 g/mol. The van der Waals surface area contributed by atoms with Crippen LogP contribution in [0.5, 0.6) is 11.8 Å². The van der Waals surface area contributed by atoms with Crippen LogP contribution in [0.3, 0.4) is 0 Å². The van der Waals surface area contributed by atoms with Crippen LogP contribution in [-0.4, -0.2) is 148 Å². The molecule has 0 aliphatic carbocycles. The molecule has 0 bridgehead atoms. The number of nitrogens with one attached hydrogen (secondary N) is 2. The van der Waals surface area contributed by atoms with Crippen molar-refractivity contribution < 1.29 is 59.1 Å². The Hall–Kier alpha value is -7.86. The first-order chi connectivity index (χ1) is 42.1. The van der Waals surface area contributed by atoms with E-state index in [4.69, 9.17) is 60.1 Å². The van der Waals surface area contributed by atoms with Gasteiger partial charge in [0, 0.05) is 68.4 Å². The minimum absolute atomic E-state index is 0. The third kappa shape index (κ3) is 18.6. The quantitative estimate of drug-likeness (QED) is 0.0244. The van der Waals surface area contributed by atoms with Crippen molar-refractivity contribution in [3.05, 3.63) is 164 Å². The summed E-state index contributed by atoms with van der Waals surface area (Å²) in [5.74, 6) is 1.47. The Bertz CT molecular complexity index is 3460. The number of aryl methyl sites for hydroxylation is 2. The number of anilines is 3. The zero-order valence-corrected chi connectivity index (χ0v) is 50.2. The number of hydrogen-bond donors (Lipinski definition) is 8. The third-order valence-electron chi connectivity index (χ3n) is 14.0. The highest BCUT2D eigenvalue weighted by molar-refractivity contribution is 9.10. The average Bonchev–Trinajstić information content (AvgIpc) is 1.44. The number of nitrogens with two attached hydrogens (primary N) is 2. The van der Waals surface area contributed by atoms with Gasteiger partial charge in [-0.15, -0.1) is 0 Å². The molecule has 0 saturated carbocycles. The fraction of sp³-hybridized carbons (Fsp3) is 0.377. The Morgan fingerprint density at radius 1 is 0.670 bits per heavy atom. The Morgan fingerprint density at radius 3 is 1.72 bits per heavy atom. The number of hydroxylamine groups is 2. The molecule has 23 nitrogen and oxygen atoms in total. The van der Waals surface area contributed by atoms with Gasteiger partial charge >= 0.3 is 7.12 Å². The van der Waals surface area contributed by atoms with E-state index in [1.165, 1.54) is 37.1 Å². The summed E-state index contributed by atoms with van der Waals surface area (Å²) in [5.41, 5.74) is 26.3. The molecule has 4 aromatic heterocycles. The fourth-order valence-electron chi connectivity index (χ4n) is 9.77. The molecule has 7 heterocycles. The molecule has 1 saturated heterocycles. The average molecular weight is 1280 g/mol. The highest BCUT2D eigenvalue weighted by Crippen LogP contribution is 2.37. The zero-order valence-electron chi connectivity index (χ0n) is 48.7. The molecule has 0 amide bonds. The summed E-state index contributed by atoms with van der Waals surface area (Å²) >= 11 is 3.40. The molecule has 3 aromatic carbocycles. The number of aliphatic hydroxyl groups is 4. The minimum Gasteiger partial charge on any atom is -0.481 e. The second-order valence-electron chi connectivity index (χ2n) is 20.2. The number of nitrogen functional groups attached to an aromatic ring is 2. The topological polar surface area (TPSA) is 318 Å². The number of aliphatic imine (C=N–C) groups is 2. The molecule has 10 N–H and O–H groups in total. The minimum atomic E-state index is -0.786. The summed E-state index contributed by atoms with van der Waals surface area (Å²) in [7, 11) is 2.69. The van der Waals surface area contributed by atoms with Gasteiger partial charge in [-0.05, 0) is 99.2 Å². The van der Waals surface area contributed by atoms with Crippen molar-refractivity contribution in [3.63, 3.8) is 0 Å². The van der Waals surface area contributed by atoms with Gasteiger partial charge in [-0.2, -0.15) is 0 Å². The van der Waals surface area contributed by atoms with Crippen LogP contribution in [0.4, 0.5) is 26.4 Å². The van der Waals surface area contributed by atoms with Crippen LogP contribution in [0.15, 0.2) is 118 Å². The summed E-state index contributed by atoms with van der Waals surface area (Å²) in [6, 6.07) is 29.4. The van der Waals surface area contributed by atoms with Gasteiger partial charge in [0.05, 0.1) is 110 Å². The van der Waals surface area contributed by atoms with Crippen LogP contribution in [-0.2, 0) is 31.8 Å². The summed E-state index contributed by atoms with van der Waals surface area (Å²) in [6.07, 6.45) is 1.26. The van der Waals surface area contributed by atoms with E-state index in [2.05, 4.69) is 73.8 Å². The van der Waals surface area contributed by atoms with E-state index < -0.39 is 31.2 Å². The number of fused-ring (bicyclic) bond motifs is 2. The zero-order chi connectivity index (χ0) is 61.8. The van der Waals surface area contributed by atoms with E-state index in [9.17, 15) is 19.0 Å². The number of benzene rings is 3. The van der Waals surface area contributed by atoms with Gasteiger partial charge in [0.15, 0.2) is 11.7 Å². The molecular weight excluding hydrogens is 1200 g/mol. The molecule has 470 valence electrons. The van der Waals surface area contributed by atoms with Crippen molar-refractivity contribution in [1.29, 1.82) is 0 Å². The van der Waals surface area contributed by atoms with Crippen molar-refractivity contribution in [1.82, 2.24) is 40.9 Å². The molecule has 3 aliphatic rings. The first-order valence-electron chi connectivity index (χ1n) is 28.2. The highest BCUT2D eigenvalue weighted by atomic mass is 79.9. The van der Waals surface area contributed by atoms with E-state index in [-0.39, 0.29) is 52.4 Å². The van der Waals surface area contributed by atoms with Gasteiger partial charge in [0.25, 0.3) is 0 Å². The maximum absolute atomic E-state index is 14.3. The third-order valence-corrected chi connectivity index (χ3v) is 14.7. The molecule has 10 rings (SSSR count). The standard InChI is InChI=1S/C25H29FN6O4.C19H23BrFN5O3.C16H19BN2O3.CH4.H2/c1-14-23-21(31-25(27)28-14)12-20(30-24(23)32-36-10-4-5-16(34)13-33)17-9-8-15(26)11-18(17)19-6-3-7-22(29-19)35-2;1-10-17-16(25-19(22)23-10)8-15(13-5-4-11(21)7-14(13)20)24-18(17)26-29-6-2-3-12(28)9-27;1-20-16-9-5-8-15(18-16)17-21-12-10-19(11-13-22-17)14-6-3-2-4-7-14;;/h3,6-9,11,16,20,33-34H,4-5,10,12-13H2,1-2H3,(H,30,32)(H2,27,28,31);4-5,7,12,15,27-28H,2-3,6,8-9H2,1H3,(H,24,26)(H2,22,23,25);2-9H,10-13H2,1H3;1H4;1H/t16-,20+;12-,15+;;;/m00.../s1/i;;;;1+1. The van der Waals surface area contributed by atoms with Crippen molar-refractivity contribution in [3.8, 4) is 23.0 Å². The SMILES string of the molecule is C.COc1cccc(-c2cc(F)ccc2[C@H]2Cc3nc(N)nc(C)c3C(NOCCC[C@H](O)CO)=N2)n1.COc1cccc(B2OCCN(c3ccccc3)CCO2)n1.Cc1nc(N)nc2c1C(NOCCC[C@H](O)CO)=N[C@@H](c1ccc(F)cc1Br)C2.[2HH]. The molecule has 1 fully saturated rings. The van der Waals surface area contributed by atoms with Gasteiger partial charge in [-0.1, -0.05) is 65.8 Å². The number of aromatic nitrogens is 6. The number of aliphatic hydroxyl groups excluding tert-OH is 4. The van der Waals surface area contributed by atoms with Crippen molar-refractivity contribution in [2.45, 2.75) is 84.1 Å². The Kier molecular flexibility index (Phi) is 25.7. The van der Waals surface area contributed by atoms with Gasteiger partial charge in [-0.25, -0.2) is 49.6 Å². The van der Waals surface area contributed by atoms with E-state index in [0.717, 1.165) is 41.1 Å². The lowest BCUT2D eigenvalue weighted by molar-refractivity contribution is 0.0532. The van der Waals surface area contributed by atoms with Crippen LogP contribution < -0.4 is 42.4 Å². The van der Waals surface area contributed by atoms with E-state index in [1.54, 1.807) is 37.4 Å². The second kappa shape index (κ2) is 33.5. The number of amidine groups is 2. The first kappa shape index (κ1) is 67.6. The predicted molar refractivity (Wildman–Crippen MR) is 337 cm³/mol. The number of halogens is 3. The summed E-state index contributed by atoms with van der Waals surface area (Å²) < 4.78 is 50.5. The maximum Gasteiger partial charge on any atom is 0.513 e. The highest BCUT2D eigenvalue weighted by Gasteiger charge is 2.31. The molecule has 4 atom stereocenters. The van der Waals surface area contributed by atoms with Crippen LogP contribution in [0.2, 0.25) is 0 Å². The van der Waals surface area contributed by atoms with Gasteiger partial charge in [-0.3, -0.25) is 19.7 Å². The maximum atomic E-state index is 14.3. The Morgan fingerprint density at radius 2 is 1.18 bits per heavy atom. The largest absolute Gasteiger partial charge is 0.513 e. The molecule has 0 spiro atoms. The van der Waals surface area contributed by atoms with Gasteiger partial charge in [0.1, 0.15) is 11.6 Å². The summed E-state index contributed by atoms with van der Waals surface area (Å²) in [5, 5.41) is 36.7. The molecule has 27 heteroatoms. The smallest absolute Gasteiger partial charge is 0.481 e. The van der Waals surface area contributed by atoms with Gasteiger partial charge < -0.3 is 55.6 Å². The number of nitrogens with zero attached hydrogens (tertiary/aromatic N) is 9. The molecule has 7 aromatic rings. The van der Waals surface area contributed by atoms with Crippen molar-refractivity contribution >= 4 is 57.9 Å². The lowest BCUT2D eigenvalue weighted by Gasteiger charge is -2.28. The van der Waals surface area contributed by atoms with Crippen LogP contribution in [0.25, 0.3) is 11.3 Å². The number of para-hydroxylation sites is 1. The number of hydrogen-bond acceptors (Lipinski definition) is 23. The normalized spacial score (nSPS) is 16.0. The molecule has 0 radical (unpaired) electrons. The Labute approximate surface area is 520 Å². The van der Waals surface area contributed by atoms with Crippen LogP contribution >= 0.6 is 15.9 Å². The molecule has 3 aliphatic heterocycles. The first-order valence-corrected chi connectivity index (χ1v) is 29.0.